The number of hydrogen-bond acceptors (Lipinski definition) is 9. The molecule has 0 unspecified atom stereocenters. The molecular weight excluding hydrogens is 588 g/mol. The van der Waals surface area contributed by atoms with Crippen LogP contribution in [0.1, 0.15) is 58.9 Å². The van der Waals surface area contributed by atoms with E-state index in [9.17, 15) is 24.0 Å². The van der Waals surface area contributed by atoms with Crippen molar-refractivity contribution in [3.05, 3.63) is 155 Å². The summed E-state index contributed by atoms with van der Waals surface area (Å²) in [7, 11) is 0. The molecule has 0 aliphatic heterocycles. The molecule has 4 aromatic rings. The van der Waals surface area contributed by atoms with Crippen molar-refractivity contribution >= 4 is 29.7 Å². The zero-order valence-corrected chi connectivity index (χ0v) is 25.2. The molecule has 232 valence electrons. The third-order valence-electron chi connectivity index (χ3n) is 6.75. The van der Waals surface area contributed by atoms with Crippen LogP contribution in [0.25, 0.3) is 0 Å². The van der Waals surface area contributed by atoms with E-state index in [2.05, 4.69) is 13.2 Å². The highest BCUT2D eigenvalue weighted by Gasteiger charge is 2.17. The second-order valence-corrected chi connectivity index (χ2v) is 10.1. The van der Waals surface area contributed by atoms with E-state index >= 15 is 0 Å². The Hall–Kier alpha value is -6.09. The van der Waals surface area contributed by atoms with E-state index in [1.807, 2.05) is 0 Å². The molecule has 0 saturated heterocycles. The number of benzene rings is 4. The van der Waals surface area contributed by atoms with Crippen molar-refractivity contribution in [2.24, 2.45) is 0 Å². The summed E-state index contributed by atoms with van der Waals surface area (Å²) in [6.07, 6.45) is 2.14. The van der Waals surface area contributed by atoms with Gasteiger partial charge in [0.1, 0.15) is 24.7 Å². The first-order valence-electron chi connectivity index (χ1n) is 14.0. The quantitative estimate of drug-likeness (QED) is 0.0765. The van der Waals surface area contributed by atoms with Gasteiger partial charge >= 0.3 is 23.9 Å². The summed E-state index contributed by atoms with van der Waals surface area (Å²) in [5, 5.41) is 0. The van der Waals surface area contributed by atoms with Crippen LogP contribution in [0.3, 0.4) is 0 Å². The Kier molecular flexibility index (Phi) is 10.8. The van der Waals surface area contributed by atoms with Crippen LogP contribution in [-0.2, 0) is 32.3 Å². The molecule has 0 aromatic heterocycles. The Morgan fingerprint density at radius 1 is 0.543 bits per heavy atom. The summed E-state index contributed by atoms with van der Waals surface area (Å²) < 4.78 is 21.1. The van der Waals surface area contributed by atoms with E-state index in [0.29, 0.717) is 56.0 Å². The van der Waals surface area contributed by atoms with E-state index in [1.54, 1.807) is 98.8 Å². The molecular formula is C37H30O9. The first kappa shape index (κ1) is 32.8. The SMILES string of the molecule is C=CC(=O)OCc1ccc(C(=O)Oc2ccc(C(=O)c3ccc(OC(=O)c4ccc(COC(=O)C=C)cc4)c(C)c3)cc2C)cc1. The predicted octanol–water partition coefficient (Wildman–Crippen LogP) is 6.43. The van der Waals surface area contributed by atoms with Crippen LogP contribution in [0.5, 0.6) is 11.5 Å². The van der Waals surface area contributed by atoms with Gasteiger partial charge in [0.25, 0.3) is 0 Å². The highest BCUT2D eigenvalue weighted by molar-refractivity contribution is 6.09. The minimum absolute atomic E-state index is 0.0514. The molecule has 4 rings (SSSR count). The van der Waals surface area contributed by atoms with E-state index < -0.39 is 23.9 Å². The van der Waals surface area contributed by atoms with Gasteiger partial charge in [0, 0.05) is 23.3 Å². The van der Waals surface area contributed by atoms with Crippen LogP contribution in [0.2, 0.25) is 0 Å². The standard InChI is InChI=1S/C37H30O9/c1-5-33(38)43-21-25-7-11-27(12-8-25)36(41)45-31-17-15-29(19-23(31)3)35(40)30-16-18-32(24(4)20-30)46-37(42)28-13-9-26(10-14-28)22-44-34(39)6-2/h5-20H,1-2,21-22H2,3-4H3. The smallest absolute Gasteiger partial charge is 0.343 e. The fraction of sp³-hybridized carbons (Fsp3) is 0.108. The molecule has 0 amide bonds. The van der Waals surface area contributed by atoms with Crippen molar-refractivity contribution < 1.29 is 42.9 Å². The summed E-state index contributed by atoms with van der Waals surface area (Å²) in [5.74, 6) is -1.90. The maximum absolute atomic E-state index is 13.3. The molecule has 4 aromatic carbocycles. The van der Waals surface area contributed by atoms with E-state index in [1.165, 1.54) is 0 Å². The van der Waals surface area contributed by atoms with Crippen LogP contribution in [0.4, 0.5) is 0 Å². The lowest BCUT2D eigenvalue weighted by Crippen LogP contribution is -2.11. The van der Waals surface area contributed by atoms with Crippen molar-refractivity contribution in [2.45, 2.75) is 27.1 Å². The third-order valence-corrected chi connectivity index (χ3v) is 6.75. The molecule has 0 heterocycles. The van der Waals surface area contributed by atoms with Crippen LogP contribution in [0, 0.1) is 13.8 Å². The highest BCUT2D eigenvalue weighted by Crippen LogP contribution is 2.25. The molecule has 0 spiro atoms. The number of hydrogen-bond donors (Lipinski definition) is 0. The van der Waals surface area contributed by atoms with Gasteiger partial charge in [-0.3, -0.25) is 4.79 Å². The van der Waals surface area contributed by atoms with E-state index in [-0.39, 0.29) is 19.0 Å². The maximum Gasteiger partial charge on any atom is 0.343 e. The number of rotatable bonds is 12. The number of esters is 4. The second kappa shape index (κ2) is 15.1. The zero-order valence-electron chi connectivity index (χ0n) is 25.2. The predicted molar refractivity (Wildman–Crippen MR) is 169 cm³/mol. The zero-order chi connectivity index (χ0) is 33.2. The van der Waals surface area contributed by atoms with Crippen molar-refractivity contribution in [1.29, 1.82) is 0 Å². The number of carbonyl (C=O) groups excluding carboxylic acids is 5. The molecule has 0 atom stereocenters. The van der Waals surface area contributed by atoms with Crippen LogP contribution in [0.15, 0.2) is 110 Å². The number of ether oxygens (including phenoxy) is 4. The van der Waals surface area contributed by atoms with Gasteiger partial charge in [-0.2, -0.15) is 0 Å². The Morgan fingerprint density at radius 3 is 1.22 bits per heavy atom. The fourth-order valence-corrected chi connectivity index (χ4v) is 4.20. The second-order valence-electron chi connectivity index (χ2n) is 10.1. The fourth-order valence-electron chi connectivity index (χ4n) is 4.20. The average molecular weight is 619 g/mol. The Bertz CT molecular complexity index is 1680. The van der Waals surface area contributed by atoms with Gasteiger partial charge in [-0.05, 0) is 96.8 Å². The maximum atomic E-state index is 13.3. The third kappa shape index (κ3) is 8.51. The lowest BCUT2D eigenvalue weighted by molar-refractivity contribution is -0.139. The van der Waals surface area contributed by atoms with Gasteiger partial charge in [0.2, 0.25) is 0 Å². The average Bonchev–Trinajstić information content (AvgIpc) is 3.07. The van der Waals surface area contributed by atoms with Crippen molar-refractivity contribution in [2.75, 3.05) is 0 Å². The van der Waals surface area contributed by atoms with Gasteiger partial charge in [-0.25, -0.2) is 19.2 Å². The van der Waals surface area contributed by atoms with Gasteiger partial charge in [0.05, 0.1) is 11.1 Å². The topological polar surface area (TPSA) is 122 Å². The number of ketones is 1. The van der Waals surface area contributed by atoms with Crippen molar-refractivity contribution in [1.82, 2.24) is 0 Å². The summed E-state index contributed by atoms with van der Waals surface area (Å²) in [6.45, 7) is 10.2. The molecule has 9 heteroatoms. The molecule has 0 bridgehead atoms. The lowest BCUT2D eigenvalue weighted by Gasteiger charge is -2.11. The van der Waals surface area contributed by atoms with E-state index in [4.69, 9.17) is 18.9 Å². The molecule has 46 heavy (non-hydrogen) atoms. The molecule has 0 saturated carbocycles. The number of aryl methyl sites for hydroxylation is 2. The van der Waals surface area contributed by atoms with Gasteiger partial charge in [0.15, 0.2) is 5.78 Å². The molecule has 9 nitrogen and oxygen atoms in total. The summed E-state index contributed by atoms with van der Waals surface area (Å²) in [6, 6.07) is 22.4. The normalized spacial score (nSPS) is 10.3. The minimum Gasteiger partial charge on any atom is -0.458 e. The summed E-state index contributed by atoms with van der Waals surface area (Å²) in [4.78, 5) is 61.1. The molecule has 0 aliphatic rings. The Labute approximate surface area is 265 Å². The minimum atomic E-state index is -0.581. The summed E-state index contributed by atoms with van der Waals surface area (Å²) in [5.41, 5.74) is 3.94. The molecule has 0 fully saturated rings. The van der Waals surface area contributed by atoms with Crippen molar-refractivity contribution in [3.8, 4) is 11.5 Å². The van der Waals surface area contributed by atoms with Gasteiger partial charge < -0.3 is 18.9 Å². The largest absolute Gasteiger partial charge is 0.458 e. The number of carbonyl (C=O) groups is 5. The highest BCUT2D eigenvalue weighted by atomic mass is 16.5. The Balaban J connectivity index is 1.37. The first-order chi connectivity index (χ1) is 22.1. The monoisotopic (exact) mass is 618 g/mol. The van der Waals surface area contributed by atoms with Gasteiger partial charge in [-0.1, -0.05) is 37.4 Å². The van der Waals surface area contributed by atoms with Crippen molar-refractivity contribution in [3.63, 3.8) is 0 Å². The summed E-state index contributed by atoms with van der Waals surface area (Å²) >= 11 is 0. The van der Waals surface area contributed by atoms with Gasteiger partial charge in [-0.15, -0.1) is 0 Å². The molecule has 0 radical (unpaired) electrons. The van der Waals surface area contributed by atoms with E-state index in [0.717, 1.165) is 12.2 Å². The molecule has 0 N–H and O–H groups in total. The lowest BCUT2D eigenvalue weighted by atomic mass is 9.99. The molecule has 0 aliphatic carbocycles. The van der Waals surface area contributed by atoms with Crippen LogP contribution >= 0.6 is 0 Å². The first-order valence-corrected chi connectivity index (χ1v) is 14.0. The van der Waals surface area contributed by atoms with Crippen LogP contribution < -0.4 is 9.47 Å². The Morgan fingerprint density at radius 2 is 0.891 bits per heavy atom. The van der Waals surface area contributed by atoms with Crippen LogP contribution in [-0.4, -0.2) is 29.7 Å².